The Kier molecular flexibility index (Phi) is 7.71. The van der Waals surface area contributed by atoms with Crippen LogP contribution in [0.2, 0.25) is 0 Å². The smallest absolute Gasteiger partial charge is 0.315 e. The molecule has 1 aromatic carbocycles. The number of amides is 2. The highest BCUT2D eigenvalue weighted by atomic mass is 32.2. The van der Waals surface area contributed by atoms with Gasteiger partial charge in [-0.25, -0.2) is 18.1 Å². The largest absolute Gasteiger partial charge is 0.491 e. The van der Waals surface area contributed by atoms with Gasteiger partial charge in [0.1, 0.15) is 5.75 Å². The van der Waals surface area contributed by atoms with Gasteiger partial charge in [-0.15, -0.1) is 11.3 Å². The summed E-state index contributed by atoms with van der Waals surface area (Å²) in [5.41, 5.74) is 1.79. The lowest BCUT2D eigenvalue weighted by Gasteiger charge is -2.14. The maximum Gasteiger partial charge on any atom is 0.315 e. The first-order valence-electron chi connectivity index (χ1n) is 8.78. The molecule has 0 spiro atoms. The van der Waals surface area contributed by atoms with Crippen molar-refractivity contribution in [2.75, 3.05) is 23.5 Å². The van der Waals surface area contributed by atoms with Crippen LogP contribution in [0.25, 0.3) is 0 Å². The number of anilines is 2. The second-order valence-corrected chi connectivity index (χ2v) is 9.54. The predicted octanol–water partition coefficient (Wildman–Crippen LogP) is 2.11. The number of ether oxygens (including phenoxy) is 1. The molecule has 2 amide bonds. The van der Waals surface area contributed by atoms with Crippen molar-refractivity contribution in [1.29, 1.82) is 0 Å². The number of nitrogens with one attached hydrogen (secondary N) is 3. The second kappa shape index (κ2) is 9.81. The van der Waals surface area contributed by atoms with Crippen molar-refractivity contribution in [3.8, 4) is 5.75 Å². The van der Waals surface area contributed by atoms with Crippen molar-refractivity contribution in [3.05, 3.63) is 34.8 Å². The number of thiazole rings is 1. The number of benzene rings is 1. The zero-order valence-corrected chi connectivity index (χ0v) is 18.2. The average molecular weight is 441 g/mol. The molecule has 0 aliphatic rings. The van der Waals surface area contributed by atoms with Gasteiger partial charge in [0.2, 0.25) is 10.0 Å². The van der Waals surface area contributed by atoms with Gasteiger partial charge in [-0.05, 0) is 30.5 Å². The lowest BCUT2D eigenvalue weighted by molar-refractivity contribution is -0.133. The molecule has 158 valence electrons. The highest BCUT2D eigenvalue weighted by Gasteiger charge is 2.18. The summed E-state index contributed by atoms with van der Waals surface area (Å²) in [7, 11) is -3.35. The Morgan fingerprint density at radius 3 is 2.55 bits per heavy atom. The van der Waals surface area contributed by atoms with E-state index in [-0.39, 0.29) is 11.7 Å². The number of hydrogen-bond acceptors (Lipinski definition) is 7. The van der Waals surface area contributed by atoms with Gasteiger partial charge in [-0.3, -0.25) is 14.9 Å². The zero-order chi connectivity index (χ0) is 21.6. The molecule has 0 saturated carbocycles. The third kappa shape index (κ3) is 7.80. The van der Waals surface area contributed by atoms with Crippen LogP contribution in [0, 0.1) is 12.8 Å². The van der Waals surface area contributed by atoms with E-state index in [2.05, 4.69) is 20.3 Å². The lowest BCUT2D eigenvalue weighted by atomic mass is 10.2. The third-order valence-corrected chi connectivity index (χ3v) is 4.93. The van der Waals surface area contributed by atoms with Crippen LogP contribution in [0.5, 0.6) is 5.75 Å². The predicted molar refractivity (Wildman–Crippen MR) is 113 cm³/mol. The summed E-state index contributed by atoms with van der Waals surface area (Å²) < 4.78 is 30.3. The number of carbonyl (C=O) groups excluding carboxylic acids is 2. The summed E-state index contributed by atoms with van der Waals surface area (Å²) in [6, 6.07) is 5.27. The molecular weight excluding hydrogens is 416 g/mol. The van der Waals surface area contributed by atoms with E-state index in [0.29, 0.717) is 29.7 Å². The van der Waals surface area contributed by atoms with E-state index >= 15 is 0 Å². The normalized spacial score (nSPS) is 11.3. The fourth-order valence-electron chi connectivity index (χ4n) is 2.09. The van der Waals surface area contributed by atoms with Gasteiger partial charge in [0.15, 0.2) is 5.13 Å². The number of aryl methyl sites for hydroxylation is 1. The molecule has 0 atom stereocenters. The molecule has 2 aromatic rings. The van der Waals surface area contributed by atoms with Gasteiger partial charge in [0.25, 0.3) is 0 Å². The summed E-state index contributed by atoms with van der Waals surface area (Å²) in [6.45, 7) is 6.39. The van der Waals surface area contributed by atoms with E-state index in [0.717, 1.165) is 23.2 Å². The highest BCUT2D eigenvalue weighted by molar-refractivity contribution is 7.88. The summed E-state index contributed by atoms with van der Waals surface area (Å²) in [4.78, 5) is 28.5. The van der Waals surface area contributed by atoms with Crippen LogP contribution in [0.3, 0.4) is 0 Å². The fraction of sp³-hybridized carbons (Fsp3) is 0.389. The monoisotopic (exact) mass is 440 g/mol. The van der Waals surface area contributed by atoms with Crippen LogP contribution in [-0.4, -0.2) is 38.1 Å². The minimum Gasteiger partial charge on any atom is -0.491 e. The van der Waals surface area contributed by atoms with Gasteiger partial charge < -0.3 is 10.1 Å². The van der Waals surface area contributed by atoms with E-state index in [1.54, 1.807) is 23.6 Å². The van der Waals surface area contributed by atoms with Crippen molar-refractivity contribution in [2.45, 2.75) is 27.3 Å². The molecule has 0 aliphatic carbocycles. The van der Waals surface area contributed by atoms with E-state index in [4.69, 9.17) is 4.74 Å². The van der Waals surface area contributed by atoms with Crippen molar-refractivity contribution in [2.24, 2.45) is 5.92 Å². The Morgan fingerprint density at radius 1 is 1.21 bits per heavy atom. The molecule has 0 radical (unpaired) electrons. The zero-order valence-electron chi connectivity index (χ0n) is 16.6. The Labute approximate surface area is 173 Å². The maximum absolute atomic E-state index is 12.3. The Morgan fingerprint density at radius 2 is 1.90 bits per heavy atom. The molecule has 2 rings (SSSR count). The van der Waals surface area contributed by atoms with Gasteiger partial charge >= 0.3 is 11.8 Å². The van der Waals surface area contributed by atoms with Crippen LogP contribution >= 0.6 is 11.3 Å². The fourth-order valence-corrected chi connectivity index (χ4v) is 3.21. The van der Waals surface area contributed by atoms with Crippen molar-refractivity contribution in [3.63, 3.8) is 0 Å². The maximum atomic E-state index is 12.3. The van der Waals surface area contributed by atoms with E-state index in [1.807, 2.05) is 20.8 Å². The van der Waals surface area contributed by atoms with Crippen LogP contribution in [0.1, 0.15) is 25.1 Å². The molecule has 11 heteroatoms. The SMILES string of the molecule is Cc1ccc(NC(=O)C(=O)Nc2nc(CNS(C)(=O)=O)cs2)c(OCC(C)C)c1. The lowest BCUT2D eigenvalue weighted by Crippen LogP contribution is -2.29. The number of nitrogens with zero attached hydrogens (tertiary/aromatic N) is 1. The van der Waals surface area contributed by atoms with Gasteiger partial charge in [0.05, 0.1) is 30.8 Å². The van der Waals surface area contributed by atoms with Crippen LogP contribution in [0.4, 0.5) is 10.8 Å². The van der Waals surface area contributed by atoms with Gasteiger partial charge in [-0.2, -0.15) is 0 Å². The molecular formula is C18H24N4O5S2. The van der Waals surface area contributed by atoms with Gasteiger partial charge in [0, 0.05) is 5.38 Å². The molecule has 0 bridgehead atoms. The second-order valence-electron chi connectivity index (χ2n) is 6.85. The Hall–Kier alpha value is -2.50. The van der Waals surface area contributed by atoms with Crippen LogP contribution in [-0.2, 0) is 26.2 Å². The number of aromatic nitrogens is 1. The summed E-state index contributed by atoms with van der Waals surface area (Å²) in [5, 5.41) is 6.72. The average Bonchev–Trinajstić information content (AvgIpc) is 3.06. The van der Waals surface area contributed by atoms with Gasteiger partial charge in [-0.1, -0.05) is 19.9 Å². The number of carbonyl (C=O) groups is 2. The molecule has 29 heavy (non-hydrogen) atoms. The van der Waals surface area contributed by atoms with Crippen LogP contribution in [0.15, 0.2) is 23.6 Å². The first kappa shape index (κ1) is 22.8. The quantitative estimate of drug-likeness (QED) is 0.540. The summed E-state index contributed by atoms with van der Waals surface area (Å²) >= 11 is 1.09. The van der Waals surface area contributed by atoms with Crippen molar-refractivity contribution in [1.82, 2.24) is 9.71 Å². The standard InChI is InChI=1S/C18H24N4O5S2/c1-11(2)9-27-15-7-12(3)5-6-14(15)21-16(23)17(24)22-18-20-13(10-28-18)8-19-29(4,25)26/h5-7,10-11,19H,8-9H2,1-4H3,(H,21,23)(H,20,22,24). The molecule has 0 fully saturated rings. The summed E-state index contributed by atoms with van der Waals surface area (Å²) in [5.74, 6) is -0.964. The Bertz CT molecular complexity index is 986. The van der Waals surface area contributed by atoms with Crippen molar-refractivity contribution < 1.29 is 22.7 Å². The first-order valence-corrected chi connectivity index (χ1v) is 11.6. The number of rotatable bonds is 8. The molecule has 0 unspecified atom stereocenters. The van der Waals surface area contributed by atoms with Crippen molar-refractivity contribution >= 4 is 44.0 Å². The summed E-state index contributed by atoms with van der Waals surface area (Å²) in [6.07, 6.45) is 1.04. The molecule has 0 aliphatic heterocycles. The first-order chi connectivity index (χ1) is 13.5. The molecule has 1 aromatic heterocycles. The van der Waals surface area contributed by atoms with Crippen LogP contribution < -0.4 is 20.1 Å². The molecule has 3 N–H and O–H groups in total. The molecule has 1 heterocycles. The molecule has 9 nitrogen and oxygen atoms in total. The minimum absolute atomic E-state index is 0.00266. The number of sulfonamides is 1. The van der Waals surface area contributed by atoms with E-state index in [9.17, 15) is 18.0 Å². The van der Waals surface area contributed by atoms with E-state index in [1.165, 1.54) is 0 Å². The molecule has 0 saturated heterocycles. The Balaban J connectivity index is 1.99. The minimum atomic E-state index is -3.35. The highest BCUT2D eigenvalue weighted by Crippen LogP contribution is 2.26. The topological polar surface area (TPSA) is 126 Å². The number of hydrogen-bond donors (Lipinski definition) is 3. The van der Waals surface area contributed by atoms with E-state index < -0.39 is 21.8 Å². The third-order valence-electron chi connectivity index (χ3n) is 3.45.